The van der Waals surface area contributed by atoms with Crippen LogP contribution in [0.15, 0.2) is 0 Å². The van der Waals surface area contributed by atoms with Crippen LogP contribution in [0.1, 0.15) is 20.3 Å². The van der Waals surface area contributed by atoms with Crippen molar-refractivity contribution in [3.8, 4) is 0 Å². The molecule has 0 radical (unpaired) electrons. The van der Waals surface area contributed by atoms with Crippen molar-refractivity contribution in [2.45, 2.75) is 26.3 Å². The van der Waals surface area contributed by atoms with Crippen molar-refractivity contribution >= 4 is 12.0 Å². The zero-order chi connectivity index (χ0) is 12.7. The van der Waals surface area contributed by atoms with Crippen LogP contribution in [0.2, 0.25) is 0 Å². The first kappa shape index (κ1) is 14.7. The minimum atomic E-state index is -1.02. The Kier molecular flexibility index (Phi) is 6.48. The van der Waals surface area contributed by atoms with Crippen LogP contribution in [-0.4, -0.2) is 64.8 Å². The highest BCUT2D eigenvalue weighted by atomic mass is 16.4. The van der Waals surface area contributed by atoms with Crippen LogP contribution in [0.3, 0.4) is 0 Å². The summed E-state index contributed by atoms with van der Waals surface area (Å²) < 4.78 is 0. The molecule has 0 bridgehead atoms. The van der Waals surface area contributed by atoms with E-state index in [2.05, 4.69) is 0 Å². The fraction of sp³-hybridized carbons (Fsp3) is 0.800. The minimum Gasteiger partial charge on any atom is -0.480 e. The van der Waals surface area contributed by atoms with Gasteiger partial charge in [-0.3, -0.25) is 0 Å². The lowest BCUT2D eigenvalue weighted by Gasteiger charge is -2.30. The Morgan fingerprint density at radius 3 is 2.19 bits per heavy atom. The molecule has 1 unspecified atom stereocenters. The molecule has 2 amide bonds. The van der Waals surface area contributed by atoms with E-state index in [1.54, 1.807) is 13.8 Å². The number of carboxylic acid groups (broad SMARTS) is 1. The van der Waals surface area contributed by atoms with Gasteiger partial charge in [0.05, 0.1) is 6.61 Å². The molecule has 1 atom stereocenters. The summed E-state index contributed by atoms with van der Waals surface area (Å²) in [5.74, 6) is -1.02. The van der Waals surface area contributed by atoms with Crippen molar-refractivity contribution in [3.63, 3.8) is 0 Å². The molecule has 0 heterocycles. The van der Waals surface area contributed by atoms with Crippen LogP contribution in [0.25, 0.3) is 0 Å². The number of urea groups is 1. The Morgan fingerprint density at radius 1 is 1.31 bits per heavy atom. The average Bonchev–Trinajstić information content (AvgIpc) is 2.25. The second-order valence-electron chi connectivity index (χ2n) is 3.46. The van der Waals surface area contributed by atoms with Gasteiger partial charge in [0.1, 0.15) is 6.04 Å². The van der Waals surface area contributed by atoms with Gasteiger partial charge in [0, 0.05) is 20.1 Å². The Bertz CT molecular complexity index is 245. The lowest BCUT2D eigenvalue weighted by atomic mass is 10.2. The van der Waals surface area contributed by atoms with Gasteiger partial charge in [-0.15, -0.1) is 0 Å². The van der Waals surface area contributed by atoms with Gasteiger partial charge in [-0.25, -0.2) is 9.59 Å². The third-order valence-corrected chi connectivity index (χ3v) is 2.46. The van der Waals surface area contributed by atoms with Gasteiger partial charge >= 0.3 is 12.0 Å². The minimum absolute atomic E-state index is 0.128. The molecule has 0 saturated heterocycles. The third kappa shape index (κ3) is 3.69. The summed E-state index contributed by atoms with van der Waals surface area (Å²) >= 11 is 0. The lowest BCUT2D eigenvalue weighted by Crippen LogP contribution is -2.49. The summed E-state index contributed by atoms with van der Waals surface area (Å²) in [6.07, 6.45) is 0.355. The van der Waals surface area contributed by atoms with Crippen LogP contribution in [0.5, 0.6) is 0 Å². The predicted octanol–water partition coefficient (Wildman–Crippen LogP) is 0.216. The van der Waals surface area contributed by atoms with Crippen molar-refractivity contribution in [1.82, 2.24) is 9.80 Å². The maximum atomic E-state index is 11.8. The Labute approximate surface area is 95.5 Å². The number of carbonyl (C=O) groups excluding carboxylic acids is 1. The smallest absolute Gasteiger partial charge is 0.326 e. The van der Waals surface area contributed by atoms with Gasteiger partial charge in [0.15, 0.2) is 0 Å². The molecule has 6 nitrogen and oxygen atoms in total. The Balaban J connectivity index is 4.61. The number of carboxylic acids is 1. The molecule has 0 spiro atoms. The summed E-state index contributed by atoms with van der Waals surface area (Å²) in [7, 11) is 1.46. The molecule has 0 rings (SSSR count). The van der Waals surface area contributed by atoms with E-state index in [4.69, 9.17) is 10.2 Å². The fourth-order valence-corrected chi connectivity index (χ4v) is 1.48. The molecule has 2 N–H and O–H groups in total. The normalized spacial score (nSPS) is 12.0. The van der Waals surface area contributed by atoms with E-state index in [9.17, 15) is 9.59 Å². The first-order valence-corrected chi connectivity index (χ1v) is 5.34. The fourth-order valence-electron chi connectivity index (χ4n) is 1.48. The first-order valence-electron chi connectivity index (χ1n) is 5.34. The topological polar surface area (TPSA) is 81.1 Å². The maximum absolute atomic E-state index is 11.8. The van der Waals surface area contributed by atoms with Crippen molar-refractivity contribution in [2.24, 2.45) is 0 Å². The molecule has 0 aliphatic heterocycles. The van der Waals surface area contributed by atoms with Crippen LogP contribution in [0.4, 0.5) is 4.79 Å². The number of aliphatic hydroxyl groups excluding tert-OH is 1. The van der Waals surface area contributed by atoms with Crippen LogP contribution in [0, 0.1) is 0 Å². The van der Waals surface area contributed by atoms with Gasteiger partial charge in [0.25, 0.3) is 0 Å². The lowest BCUT2D eigenvalue weighted by molar-refractivity contribution is -0.142. The highest BCUT2D eigenvalue weighted by molar-refractivity contribution is 5.82. The van der Waals surface area contributed by atoms with Crippen molar-refractivity contribution in [3.05, 3.63) is 0 Å². The van der Waals surface area contributed by atoms with Crippen LogP contribution >= 0.6 is 0 Å². The van der Waals surface area contributed by atoms with Crippen molar-refractivity contribution in [2.75, 3.05) is 26.7 Å². The number of amides is 2. The number of likely N-dealkylation sites (N-methyl/N-ethyl adjacent to an activating group) is 2. The zero-order valence-corrected chi connectivity index (χ0v) is 10.0. The molecule has 0 fully saturated rings. The van der Waals surface area contributed by atoms with Gasteiger partial charge in [0.2, 0.25) is 0 Å². The van der Waals surface area contributed by atoms with Gasteiger partial charge in [-0.2, -0.15) is 0 Å². The van der Waals surface area contributed by atoms with E-state index in [1.807, 2.05) is 0 Å². The van der Waals surface area contributed by atoms with E-state index in [0.717, 1.165) is 0 Å². The molecule has 0 aliphatic carbocycles. The number of hydrogen-bond donors (Lipinski definition) is 2. The summed E-state index contributed by atoms with van der Waals surface area (Å²) in [5.41, 5.74) is 0. The summed E-state index contributed by atoms with van der Waals surface area (Å²) in [6.45, 7) is 4.03. The molecule has 0 aliphatic rings. The monoisotopic (exact) mass is 232 g/mol. The van der Waals surface area contributed by atoms with Crippen molar-refractivity contribution < 1.29 is 19.8 Å². The van der Waals surface area contributed by atoms with Crippen LogP contribution in [-0.2, 0) is 4.79 Å². The number of rotatable bonds is 6. The van der Waals surface area contributed by atoms with Crippen molar-refractivity contribution in [1.29, 1.82) is 0 Å². The van der Waals surface area contributed by atoms with E-state index in [-0.39, 0.29) is 19.2 Å². The highest BCUT2D eigenvalue weighted by Crippen LogP contribution is 2.06. The Hall–Kier alpha value is -1.30. The van der Waals surface area contributed by atoms with E-state index >= 15 is 0 Å². The molecular weight excluding hydrogens is 212 g/mol. The average molecular weight is 232 g/mol. The SMILES string of the molecule is CCC(C(=O)O)N(C)C(=O)N(CC)CCO. The molecule has 16 heavy (non-hydrogen) atoms. The number of carbonyl (C=O) groups is 2. The third-order valence-electron chi connectivity index (χ3n) is 2.46. The Morgan fingerprint density at radius 2 is 1.88 bits per heavy atom. The first-order chi connectivity index (χ1) is 7.49. The molecular formula is C10H20N2O4. The molecule has 0 saturated carbocycles. The number of hydrogen-bond acceptors (Lipinski definition) is 3. The van der Waals surface area contributed by atoms with E-state index in [1.165, 1.54) is 16.8 Å². The zero-order valence-electron chi connectivity index (χ0n) is 10.0. The quantitative estimate of drug-likeness (QED) is 0.686. The van der Waals surface area contributed by atoms with Gasteiger partial charge in [-0.1, -0.05) is 6.92 Å². The second kappa shape index (κ2) is 7.05. The van der Waals surface area contributed by atoms with Gasteiger partial charge < -0.3 is 20.0 Å². The van der Waals surface area contributed by atoms with Crippen LogP contribution < -0.4 is 0 Å². The number of nitrogens with zero attached hydrogens (tertiary/aromatic N) is 2. The number of aliphatic carboxylic acids is 1. The summed E-state index contributed by atoms with van der Waals surface area (Å²) in [6, 6.07) is -1.19. The van der Waals surface area contributed by atoms with Gasteiger partial charge in [-0.05, 0) is 13.3 Å². The van der Waals surface area contributed by atoms with E-state index in [0.29, 0.717) is 13.0 Å². The predicted molar refractivity (Wildman–Crippen MR) is 59.2 cm³/mol. The largest absolute Gasteiger partial charge is 0.480 e. The second-order valence-corrected chi connectivity index (χ2v) is 3.46. The number of aliphatic hydroxyl groups is 1. The molecule has 0 aromatic rings. The summed E-state index contributed by atoms with van der Waals surface area (Å²) in [4.78, 5) is 25.3. The molecule has 0 aromatic carbocycles. The highest BCUT2D eigenvalue weighted by Gasteiger charge is 2.27. The standard InChI is InChI=1S/C10H20N2O4/c1-4-8(9(14)15)11(3)10(16)12(5-2)6-7-13/h8,13H,4-7H2,1-3H3,(H,14,15). The molecule has 0 aromatic heterocycles. The summed E-state index contributed by atoms with van der Waals surface area (Å²) in [5, 5.41) is 17.7. The maximum Gasteiger partial charge on any atom is 0.326 e. The molecule has 6 heteroatoms. The van der Waals surface area contributed by atoms with E-state index < -0.39 is 12.0 Å². The molecule has 94 valence electrons.